The van der Waals surface area contributed by atoms with Gasteiger partial charge in [-0.2, -0.15) is 13.2 Å². The Hall–Kier alpha value is -1.08. The molecule has 8 heteroatoms. The molecule has 2 heterocycles. The molecule has 104 valence electrons. The maximum absolute atomic E-state index is 12.6. The maximum atomic E-state index is 12.6. The second kappa shape index (κ2) is 5.50. The van der Waals surface area contributed by atoms with Crippen LogP contribution in [-0.2, 0) is 0 Å². The molecule has 2 rings (SSSR count). The first-order valence-corrected chi connectivity index (χ1v) is 6.90. The van der Waals surface area contributed by atoms with Crippen molar-refractivity contribution in [2.24, 2.45) is 0 Å². The monoisotopic (exact) mass is 309 g/mol. The van der Waals surface area contributed by atoms with Gasteiger partial charge < -0.3 is 4.90 Å². The number of alkyl halides is 4. The standard InChI is InChI=1S/C11H11ClF3N3S/c1-7-4-19-9-8(7)16-6-17-10(9)18(3-2-12)5-11(13,14)15/h4,6H,2-3,5H2,1H3. The van der Waals surface area contributed by atoms with E-state index in [0.29, 0.717) is 16.0 Å². The van der Waals surface area contributed by atoms with E-state index in [0.717, 1.165) is 10.5 Å². The largest absolute Gasteiger partial charge is 0.405 e. The molecule has 0 aliphatic carbocycles. The number of thiophene rings is 1. The number of aromatic nitrogens is 2. The molecular weight excluding hydrogens is 299 g/mol. The van der Waals surface area contributed by atoms with Crippen molar-refractivity contribution < 1.29 is 13.2 Å². The highest BCUT2D eigenvalue weighted by atomic mass is 35.5. The van der Waals surface area contributed by atoms with Gasteiger partial charge in [0.1, 0.15) is 18.7 Å². The third kappa shape index (κ3) is 3.27. The quantitative estimate of drug-likeness (QED) is 0.808. The number of anilines is 1. The fraction of sp³-hybridized carbons (Fsp3) is 0.455. The number of rotatable bonds is 4. The first kappa shape index (κ1) is 14.3. The second-order valence-electron chi connectivity index (χ2n) is 4.02. The summed E-state index contributed by atoms with van der Waals surface area (Å²) in [5.74, 6) is 0.396. The molecule has 0 bridgehead atoms. The van der Waals surface area contributed by atoms with Gasteiger partial charge in [0.2, 0.25) is 0 Å². The topological polar surface area (TPSA) is 29.0 Å². The van der Waals surface area contributed by atoms with Crippen molar-refractivity contribution in [1.29, 1.82) is 0 Å². The average Bonchev–Trinajstić information content (AvgIpc) is 2.69. The number of nitrogens with zero attached hydrogens (tertiary/aromatic N) is 3. The number of hydrogen-bond donors (Lipinski definition) is 0. The molecule has 0 unspecified atom stereocenters. The Morgan fingerprint density at radius 3 is 2.74 bits per heavy atom. The summed E-state index contributed by atoms with van der Waals surface area (Å²) in [4.78, 5) is 9.23. The Bertz CT molecular complexity index is 570. The average molecular weight is 310 g/mol. The molecular formula is C11H11ClF3N3S. The summed E-state index contributed by atoms with van der Waals surface area (Å²) in [5, 5.41) is 1.86. The van der Waals surface area contributed by atoms with Crippen molar-refractivity contribution in [3.8, 4) is 0 Å². The van der Waals surface area contributed by atoms with Gasteiger partial charge in [-0.3, -0.25) is 0 Å². The molecule has 0 radical (unpaired) electrons. The molecule has 0 aliphatic heterocycles. The Balaban J connectivity index is 2.44. The third-order valence-corrected chi connectivity index (χ3v) is 3.79. The molecule has 0 atom stereocenters. The van der Waals surface area contributed by atoms with Crippen LogP contribution in [0.5, 0.6) is 0 Å². The van der Waals surface area contributed by atoms with E-state index < -0.39 is 12.7 Å². The van der Waals surface area contributed by atoms with Gasteiger partial charge in [0.15, 0.2) is 0 Å². The van der Waals surface area contributed by atoms with Crippen LogP contribution in [0.25, 0.3) is 10.2 Å². The number of halogens is 4. The van der Waals surface area contributed by atoms with E-state index >= 15 is 0 Å². The van der Waals surface area contributed by atoms with Crippen LogP contribution in [0.2, 0.25) is 0 Å². The zero-order chi connectivity index (χ0) is 14.0. The van der Waals surface area contributed by atoms with Gasteiger partial charge >= 0.3 is 6.18 Å². The normalized spacial score (nSPS) is 12.1. The van der Waals surface area contributed by atoms with Crippen molar-refractivity contribution in [2.75, 3.05) is 23.9 Å². The minimum Gasteiger partial charge on any atom is -0.345 e. The Morgan fingerprint density at radius 2 is 2.11 bits per heavy atom. The molecule has 0 N–H and O–H groups in total. The van der Waals surface area contributed by atoms with Gasteiger partial charge in [0.05, 0.1) is 10.2 Å². The van der Waals surface area contributed by atoms with Gasteiger partial charge in [-0.25, -0.2) is 9.97 Å². The summed E-state index contributed by atoms with van der Waals surface area (Å²) in [6, 6.07) is 0. The van der Waals surface area contributed by atoms with Crippen molar-refractivity contribution in [1.82, 2.24) is 9.97 Å². The predicted octanol–water partition coefficient (Wildman–Crippen LogP) is 3.61. The lowest BCUT2D eigenvalue weighted by Crippen LogP contribution is -2.36. The van der Waals surface area contributed by atoms with Crippen LogP contribution in [0, 0.1) is 6.92 Å². The van der Waals surface area contributed by atoms with Crippen LogP contribution in [0.3, 0.4) is 0 Å². The SMILES string of the molecule is Cc1csc2c(N(CCCl)CC(F)(F)F)ncnc12. The van der Waals surface area contributed by atoms with Gasteiger partial charge in [0.25, 0.3) is 0 Å². The predicted molar refractivity (Wildman–Crippen MR) is 71.1 cm³/mol. The van der Waals surface area contributed by atoms with E-state index in [4.69, 9.17) is 11.6 Å². The van der Waals surface area contributed by atoms with E-state index in [2.05, 4.69) is 9.97 Å². The molecule has 0 saturated carbocycles. The minimum absolute atomic E-state index is 0.0874. The van der Waals surface area contributed by atoms with Gasteiger partial charge in [-0.05, 0) is 17.9 Å². The zero-order valence-corrected chi connectivity index (χ0v) is 11.6. The highest BCUT2D eigenvalue weighted by Gasteiger charge is 2.32. The lowest BCUT2D eigenvalue weighted by molar-refractivity contribution is -0.119. The summed E-state index contributed by atoms with van der Waals surface area (Å²) in [6.07, 6.45) is -3.01. The Labute approximate surface area is 117 Å². The smallest absolute Gasteiger partial charge is 0.345 e. The van der Waals surface area contributed by atoms with E-state index in [1.54, 1.807) is 0 Å². The molecule has 19 heavy (non-hydrogen) atoms. The molecule has 3 nitrogen and oxygen atoms in total. The van der Waals surface area contributed by atoms with Crippen LogP contribution < -0.4 is 4.90 Å². The first-order valence-electron chi connectivity index (χ1n) is 5.49. The molecule has 0 saturated heterocycles. The summed E-state index contributed by atoms with van der Waals surface area (Å²) in [7, 11) is 0. The molecule has 2 aromatic heterocycles. The molecule has 0 aromatic carbocycles. The summed E-state index contributed by atoms with van der Waals surface area (Å²) < 4.78 is 38.4. The number of aryl methyl sites for hydroxylation is 1. The van der Waals surface area contributed by atoms with Crippen LogP contribution in [-0.4, -0.2) is 35.1 Å². The molecule has 0 aliphatic rings. The summed E-state index contributed by atoms with van der Waals surface area (Å²) >= 11 is 6.93. The van der Waals surface area contributed by atoms with Gasteiger partial charge in [0, 0.05) is 12.4 Å². The van der Waals surface area contributed by atoms with Crippen molar-refractivity contribution in [2.45, 2.75) is 13.1 Å². The van der Waals surface area contributed by atoms with Gasteiger partial charge in [-0.1, -0.05) is 0 Å². The molecule has 0 fully saturated rings. The van der Waals surface area contributed by atoms with Gasteiger partial charge in [-0.15, -0.1) is 22.9 Å². The second-order valence-corrected chi connectivity index (χ2v) is 5.28. The van der Waals surface area contributed by atoms with Crippen molar-refractivity contribution >= 4 is 39.0 Å². The lowest BCUT2D eigenvalue weighted by Gasteiger charge is -2.24. The highest BCUT2D eigenvalue weighted by molar-refractivity contribution is 7.18. The zero-order valence-electron chi connectivity index (χ0n) is 10.0. The maximum Gasteiger partial charge on any atom is 0.405 e. The van der Waals surface area contributed by atoms with Crippen LogP contribution in [0.1, 0.15) is 5.56 Å². The lowest BCUT2D eigenvalue weighted by atomic mass is 10.3. The molecule has 2 aromatic rings. The fourth-order valence-electron chi connectivity index (χ4n) is 1.76. The summed E-state index contributed by atoms with van der Waals surface area (Å²) in [6.45, 7) is 0.887. The number of hydrogen-bond acceptors (Lipinski definition) is 4. The number of fused-ring (bicyclic) bond motifs is 1. The van der Waals surface area contributed by atoms with Crippen LogP contribution in [0.4, 0.5) is 19.0 Å². The highest BCUT2D eigenvalue weighted by Crippen LogP contribution is 2.32. The first-order chi connectivity index (χ1) is 8.92. The van der Waals surface area contributed by atoms with Crippen LogP contribution in [0.15, 0.2) is 11.7 Å². The summed E-state index contributed by atoms with van der Waals surface area (Å²) in [5.41, 5.74) is 1.62. The van der Waals surface area contributed by atoms with E-state index in [1.165, 1.54) is 17.7 Å². The van der Waals surface area contributed by atoms with E-state index in [1.807, 2.05) is 12.3 Å². The molecule has 0 amide bonds. The fourth-order valence-corrected chi connectivity index (χ4v) is 2.98. The van der Waals surface area contributed by atoms with Crippen molar-refractivity contribution in [3.63, 3.8) is 0 Å². The Morgan fingerprint density at radius 1 is 1.37 bits per heavy atom. The van der Waals surface area contributed by atoms with Crippen molar-refractivity contribution in [3.05, 3.63) is 17.3 Å². The van der Waals surface area contributed by atoms with Crippen LogP contribution >= 0.6 is 22.9 Å². The Kier molecular flexibility index (Phi) is 4.15. The molecule has 0 spiro atoms. The minimum atomic E-state index is -4.30. The van der Waals surface area contributed by atoms with E-state index in [-0.39, 0.29) is 12.4 Å². The van der Waals surface area contributed by atoms with E-state index in [9.17, 15) is 13.2 Å². The third-order valence-electron chi connectivity index (χ3n) is 2.54.